The van der Waals surface area contributed by atoms with Crippen LogP contribution in [0.15, 0.2) is 12.3 Å². The van der Waals surface area contributed by atoms with E-state index in [1.807, 2.05) is 23.9 Å². The highest BCUT2D eigenvalue weighted by Crippen LogP contribution is 2.10. The van der Waals surface area contributed by atoms with Gasteiger partial charge in [0, 0.05) is 24.7 Å². The molecule has 4 nitrogen and oxygen atoms in total. The fourth-order valence-corrected chi connectivity index (χ4v) is 1.39. The number of nitrogens with two attached hydrogens (primary N) is 1. The number of carbonyl (C=O) groups is 1. The zero-order chi connectivity index (χ0) is 12.1. The van der Waals surface area contributed by atoms with Crippen molar-refractivity contribution in [1.29, 1.82) is 0 Å². The molecule has 2 N–H and O–H groups in total. The molecule has 4 heteroatoms. The van der Waals surface area contributed by atoms with Gasteiger partial charge in [0.15, 0.2) is 0 Å². The maximum atomic E-state index is 11.7. The third kappa shape index (κ3) is 3.17. The maximum absolute atomic E-state index is 11.7. The van der Waals surface area contributed by atoms with E-state index >= 15 is 0 Å². The topological polar surface area (TPSA) is 60.9 Å². The average Bonchev–Trinajstić information content (AvgIpc) is 2.75. The molecule has 0 saturated carbocycles. The normalized spacial score (nSPS) is 14.8. The zero-order valence-electron chi connectivity index (χ0n) is 10.3. The van der Waals surface area contributed by atoms with E-state index < -0.39 is 0 Å². The third-order valence-corrected chi connectivity index (χ3v) is 2.96. The summed E-state index contributed by atoms with van der Waals surface area (Å²) in [5.74, 6) is 0.0886. The minimum Gasteiger partial charge on any atom is -0.330 e. The Labute approximate surface area is 96.8 Å². The lowest BCUT2D eigenvalue weighted by Gasteiger charge is -2.08. The molecule has 0 aliphatic rings. The Kier molecular flexibility index (Phi) is 4.68. The summed E-state index contributed by atoms with van der Waals surface area (Å²) in [4.78, 5) is 11.7. The molecule has 2 atom stereocenters. The SMILES string of the molecule is CCC(C)n1ccc(CC(=O)C(C)CN)n1. The van der Waals surface area contributed by atoms with Crippen molar-refractivity contribution in [2.24, 2.45) is 11.7 Å². The molecular weight excluding hydrogens is 202 g/mol. The molecule has 1 aromatic heterocycles. The highest BCUT2D eigenvalue weighted by atomic mass is 16.1. The lowest BCUT2D eigenvalue weighted by atomic mass is 10.0. The first-order chi connectivity index (χ1) is 7.58. The Balaban J connectivity index is 2.62. The standard InChI is InChI=1S/C12H21N3O/c1-4-10(3)15-6-5-11(14-15)7-12(16)9(2)8-13/h5-6,9-10H,4,7-8,13H2,1-3H3. The van der Waals surface area contributed by atoms with Gasteiger partial charge in [-0.15, -0.1) is 0 Å². The van der Waals surface area contributed by atoms with Gasteiger partial charge in [0.2, 0.25) is 0 Å². The minimum atomic E-state index is -0.0752. The lowest BCUT2D eigenvalue weighted by molar-refractivity contribution is -0.121. The Hall–Kier alpha value is -1.16. The zero-order valence-corrected chi connectivity index (χ0v) is 10.3. The summed E-state index contributed by atoms with van der Waals surface area (Å²) in [7, 11) is 0. The smallest absolute Gasteiger partial charge is 0.142 e. The first kappa shape index (κ1) is 12.9. The van der Waals surface area contributed by atoms with Crippen LogP contribution < -0.4 is 5.73 Å². The number of hydrogen-bond donors (Lipinski definition) is 1. The van der Waals surface area contributed by atoms with E-state index in [0.29, 0.717) is 19.0 Å². The molecule has 0 fully saturated rings. The van der Waals surface area contributed by atoms with E-state index in [4.69, 9.17) is 5.73 Å². The number of aromatic nitrogens is 2. The molecule has 1 heterocycles. The number of rotatable bonds is 6. The summed E-state index contributed by atoms with van der Waals surface area (Å²) in [5, 5.41) is 4.39. The van der Waals surface area contributed by atoms with Crippen LogP contribution in [-0.2, 0) is 11.2 Å². The van der Waals surface area contributed by atoms with E-state index in [2.05, 4.69) is 18.9 Å². The number of hydrogen-bond acceptors (Lipinski definition) is 3. The van der Waals surface area contributed by atoms with Gasteiger partial charge in [-0.2, -0.15) is 5.10 Å². The molecule has 0 radical (unpaired) electrons. The predicted molar refractivity (Wildman–Crippen MR) is 64.2 cm³/mol. The van der Waals surface area contributed by atoms with Gasteiger partial charge in [0.1, 0.15) is 5.78 Å². The molecule has 0 spiro atoms. The van der Waals surface area contributed by atoms with Crippen molar-refractivity contribution in [3.05, 3.63) is 18.0 Å². The Bertz CT molecular complexity index is 346. The van der Waals surface area contributed by atoms with Gasteiger partial charge >= 0.3 is 0 Å². The van der Waals surface area contributed by atoms with E-state index in [1.54, 1.807) is 0 Å². The highest BCUT2D eigenvalue weighted by Gasteiger charge is 2.13. The monoisotopic (exact) mass is 223 g/mol. The van der Waals surface area contributed by atoms with Crippen LogP contribution in [-0.4, -0.2) is 22.1 Å². The number of carbonyl (C=O) groups excluding carboxylic acids is 1. The van der Waals surface area contributed by atoms with E-state index in [0.717, 1.165) is 12.1 Å². The van der Waals surface area contributed by atoms with Crippen molar-refractivity contribution < 1.29 is 4.79 Å². The van der Waals surface area contributed by atoms with Crippen molar-refractivity contribution in [2.75, 3.05) is 6.54 Å². The molecule has 0 saturated heterocycles. The quantitative estimate of drug-likeness (QED) is 0.796. The molecule has 16 heavy (non-hydrogen) atoms. The summed E-state index contributed by atoms with van der Waals surface area (Å²) in [6.07, 6.45) is 3.36. The van der Waals surface area contributed by atoms with Crippen molar-refractivity contribution in [2.45, 2.75) is 39.7 Å². The lowest BCUT2D eigenvalue weighted by Crippen LogP contribution is -2.22. The molecule has 0 amide bonds. The second-order valence-corrected chi connectivity index (χ2v) is 4.32. The molecule has 1 aromatic rings. The summed E-state index contributed by atoms with van der Waals surface area (Å²) in [6.45, 7) is 6.49. The van der Waals surface area contributed by atoms with Gasteiger partial charge in [-0.05, 0) is 19.4 Å². The molecule has 2 unspecified atom stereocenters. The Morgan fingerprint density at radius 1 is 1.56 bits per heavy atom. The average molecular weight is 223 g/mol. The van der Waals surface area contributed by atoms with Crippen molar-refractivity contribution in [3.8, 4) is 0 Å². The molecule has 90 valence electrons. The van der Waals surface area contributed by atoms with Crippen molar-refractivity contribution >= 4 is 5.78 Å². The Morgan fingerprint density at radius 3 is 2.81 bits per heavy atom. The van der Waals surface area contributed by atoms with Gasteiger partial charge in [-0.25, -0.2) is 0 Å². The van der Waals surface area contributed by atoms with Gasteiger partial charge in [0.05, 0.1) is 12.1 Å². The number of ketones is 1. The highest BCUT2D eigenvalue weighted by molar-refractivity contribution is 5.82. The largest absolute Gasteiger partial charge is 0.330 e. The second kappa shape index (κ2) is 5.80. The van der Waals surface area contributed by atoms with Crippen LogP contribution in [0.1, 0.15) is 38.9 Å². The van der Waals surface area contributed by atoms with Crippen LogP contribution in [0, 0.1) is 5.92 Å². The van der Waals surface area contributed by atoms with E-state index in [9.17, 15) is 4.79 Å². The number of Topliss-reactive ketones (excluding diaryl/α,β-unsaturated/α-hetero) is 1. The number of nitrogens with zero attached hydrogens (tertiary/aromatic N) is 2. The van der Waals surface area contributed by atoms with Gasteiger partial charge < -0.3 is 5.73 Å². The van der Waals surface area contributed by atoms with E-state index in [1.165, 1.54) is 0 Å². The molecule has 0 aliphatic heterocycles. The molecular formula is C12H21N3O. The van der Waals surface area contributed by atoms with Crippen LogP contribution in [0.4, 0.5) is 0 Å². The van der Waals surface area contributed by atoms with E-state index in [-0.39, 0.29) is 11.7 Å². The summed E-state index contributed by atoms with van der Waals surface area (Å²) < 4.78 is 1.91. The summed E-state index contributed by atoms with van der Waals surface area (Å²) >= 11 is 0. The first-order valence-corrected chi connectivity index (χ1v) is 5.85. The Morgan fingerprint density at radius 2 is 2.25 bits per heavy atom. The van der Waals surface area contributed by atoms with Crippen molar-refractivity contribution in [1.82, 2.24) is 9.78 Å². The van der Waals surface area contributed by atoms with Crippen LogP contribution in [0.5, 0.6) is 0 Å². The summed E-state index contributed by atoms with van der Waals surface area (Å²) in [5.41, 5.74) is 6.29. The van der Waals surface area contributed by atoms with Crippen LogP contribution in [0.25, 0.3) is 0 Å². The summed E-state index contributed by atoms with van der Waals surface area (Å²) in [6, 6.07) is 2.30. The fraction of sp³-hybridized carbons (Fsp3) is 0.667. The second-order valence-electron chi connectivity index (χ2n) is 4.32. The third-order valence-electron chi connectivity index (χ3n) is 2.96. The maximum Gasteiger partial charge on any atom is 0.142 e. The van der Waals surface area contributed by atoms with Crippen LogP contribution in [0.3, 0.4) is 0 Å². The predicted octanol–water partition coefficient (Wildman–Crippen LogP) is 1.56. The molecule has 0 aliphatic carbocycles. The van der Waals surface area contributed by atoms with Gasteiger partial charge in [0.25, 0.3) is 0 Å². The van der Waals surface area contributed by atoms with Crippen LogP contribution >= 0.6 is 0 Å². The van der Waals surface area contributed by atoms with Crippen LogP contribution in [0.2, 0.25) is 0 Å². The molecule has 0 bridgehead atoms. The molecule has 1 rings (SSSR count). The van der Waals surface area contributed by atoms with Crippen molar-refractivity contribution in [3.63, 3.8) is 0 Å². The first-order valence-electron chi connectivity index (χ1n) is 5.85. The van der Waals surface area contributed by atoms with Gasteiger partial charge in [-0.3, -0.25) is 9.48 Å². The fourth-order valence-electron chi connectivity index (χ4n) is 1.39. The minimum absolute atomic E-state index is 0.0752. The molecule has 0 aromatic carbocycles. The van der Waals surface area contributed by atoms with Gasteiger partial charge in [-0.1, -0.05) is 13.8 Å².